The van der Waals surface area contributed by atoms with Crippen molar-refractivity contribution in [3.8, 4) is 0 Å². The molecule has 19 heavy (non-hydrogen) atoms. The molecule has 0 fully saturated rings. The van der Waals surface area contributed by atoms with Crippen LogP contribution in [0.1, 0.15) is 19.4 Å². The van der Waals surface area contributed by atoms with Gasteiger partial charge in [-0.1, -0.05) is 18.2 Å². The number of hydrogen-bond acceptors (Lipinski definition) is 5. The van der Waals surface area contributed by atoms with Gasteiger partial charge in [-0.2, -0.15) is 0 Å². The van der Waals surface area contributed by atoms with Gasteiger partial charge in [-0.15, -0.1) is 0 Å². The third-order valence-electron chi connectivity index (χ3n) is 2.29. The first-order valence-corrected chi connectivity index (χ1v) is 6.00. The predicted octanol–water partition coefficient (Wildman–Crippen LogP) is 1.78. The summed E-state index contributed by atoms with van der Waals surface area (Å²) in [6, 6.07) is 6.91. The molecule has 5 heteroatoms. The molecule has 1 aromatic carbocycles. The van der Waals surface area contributed by atoms with E-state index >= 15 is 0 Å². The van der Waals surface area contributed by atoms with Crippen LogP contribution in [0.2, 0.25) is 0 Å². The number of carbonyl (C=O) groups is 2. The topological polar surface area (TPSA) is 78.6 Å². The fourth-order valence-corrected chi connectivity index (χ4v) is 1.42. The van der Waals surface area contributed by atoms with Gasteiger partial charge in [-0.25, -0.2) is 9.59 Å². The largest absolute Gasteiger partial charge is 0.462 e. The van der Waals surface area contributed by atoms with Crippen molar-refractivity contribution in [3.63, 3.8) is 0 Å². The molecule has 0 aliphatic heterocycles. The van der Waals surface area contributed by atoms with E-state index < -0.39 is 11.9 Å². The summed E-state index contributed by atoms with van der Waals surface area (Å²) in [6.07, 6.45) is 1.38. The molecule has 0 aliphatic carbocycles. The Hall–Kier alpha value is -2.30. The number of anilines is 1. The van der Waals surface area contributed by atoms with Crippen LogP contribution in [0.15, 0.2) is 29.8 Å². The lowest BCUT2D eigenvalue weighted by Gasteiger charge is -2.07. The molecular weight excluding hydrogens is 246 g/mol. The number of hydrogen-bond donors (Lipinski definition) is 1. The molecule has 0 amide bonds. The standard InChI is InChI=1S/C14H17NO4/c1-3-18-13(16)11(14(17)19-4-2)9-10-7-5-6-8-12(10)15/h5-9H,3-4,15H2,1-2H3. The Morgan fingerprint density at radius 1 is 1.11 bits per heavy atom. The molecule has 0 saturated heterocycles. The van der Waals surface area contributed by atoms with E-state index in [9.17, 15) is 9.59 Å². The summed E-state index contributed by atoms with van der Waals surface area (Å²) in [5.41, 5.74) is 6.64. The lowest BCUT2D eigenvalue weighted by Crippen LogP contribution is -2.18. The van der Waals surface area contributed by atoms with Gasteiger partial charge in [0.05, 0.1) is 13.2 Å². The zero-order valence-electron chi connectivity index (χ0n) is 11.0. The molecule has 0 aliphatic rings. The first kappa shape index (κ1) is 14.8. The minimum atomic E-state index is -0.718. The molecule has 0 atom stereocenters. The van der Waals surface area contributed by atoms with Crippen LogP contribution < -0.4 is 5.73 Å². The van der Waals surface area contributed by atoms with E-state index in [1.54, 1.807) is 38.1 Å². The van der Waals surface area contributed by atoms with E-state index in [2.05, 4.69) is 0 Å². The highest BCUT2D eigenvalue weighted by molar-refractivity contribution is 6.18. The fraction of sp³-hybridized carbons (Fsp3) is 0.286. The number of para-hydroxylation sites is 1. The zero-order chi connectivity index (χ0) is 14.3. The van der Waals surface area contributed by atoms with Gasteiger partial charge >= 0.3 is 11.9 Å². The molecule has 0 bridgehead atoms. The Bertz CT molecular complexity index is 474. The Balaban J connectivity index is 3.12. The lowest BCUT2D eigenvalue weighted by atomic mass is 10.1. The molecule has 5 nitrogen and oxygen atoms in total. The number of carbonyl (C=O) groups excluding carboxylic acids is 2. The zero-order valence-corrected chi connectivity index (χ0v) is 11.0. The third kappa shape index (κ3) is 4.13. The van der Waals surface area contributed by atoms with Gasteiger partial charge in [0, 0.05) is 5.69 Å². The maximum atomic E-state index is 11.7. The molecule has 0 unspecified atom stereocenters. The van der Waals surface area contributed by atoms with Crippen molar-refractivity contribution in [2.24, 2.45) is 0 Å². The van der Waals surface area contributed by atoms with Crippen LogP contribution >= 0.6 is 0 Å². The van der Waals surface area contributed by atoms with E-state index in [1.165, 1.54) is 6.08 Å². The number of benzene rings is 1. The van der Waals surface area contributed by atoms with Crippen molar-refractivity contribution in [3.05, 3.63) is 35.4 Å². The van der Waals surface area contributed by atoms with Gasteiger partial charge in [-0.05, 0) is 31.6 Å². The summed E-state index contributed by atoms with van der Waals surface area (Å²) in [4.78, 5) is 23.5. The van der Waals surface area contributed by atoms with Gasteiger partial charge in [0.1, 0.15) is 5.57 Å². The molecule has 0 spiro atoms. The number of nitrogen functional groups attached to an aromatic ring is 1. The SMILES string of the molecule is CCOC(=O)C(=Cc1ccccc1N)C(=O)OCC. The Morgan fingerprint density at radius 3 is 2.11 bits per heavy atom. The highest BCUT2D eigenvalue weighted by atomic mass is 16.6. The average molecular weight is 263 g/mol. The van der Waals surface area contributed by atoms with E-state index in [4.69, 9.17) is 15.2 Å². The van der Waals surface area contributed by atoms with Crippen LogP contribution in [0.5, 0.6) is 0 Å². The first-order valence-electron chi connectivity index (χ1n) is 6.00. The van der Waals surface area contributed by atoms with E-state index in [0.717, 1.165) is 0 Å². The minimum absolute atomic E-state index is 0.165. The number of nitrogens with two attached hydrogens (primary N) is 1. The number of rotatable bonds is 5. The second-order valence-electron chi connectivity index (χ2n) is 3.63. The monoisotopic (exact) mass is 263 g/mol. The van der Waals surface area contributed by atoms with Crippen LogP contribution in [-0.4, -0.2) is 25.2 Å². The van der Waals surface area contributed by atoms with Crippen molar-refractivity contribution in [2.45, 2.75) is 13.8 Å². The van der Waals surface area contributed by atoms with Gasteiger partial charge in [0.25, 0.3) is 0 Å². The van der Waals surface area contributed by atoms with Gasteiger partial charge in [0.2, 0.25) is 0 Å². The predicted molar refractivity (Wildman–Crippen MR) is 72.1 cm³/mol. The quantitative estimate of drug-likeness (QED) is 0.288. The van der Waals surface area contributed by atoms with Crippen LogP contribution in [0.4, 0.5) is 5.69 Å². The number of ether oxygens (including phenoxy) is 2. The van der Waals surface area contributed by atoms with Crippen LogP contribution in [-0.2, 0) is 19.1 Å². The highest BCUT2D eigenvalue weighted by Crippen LogP contribution is 2.16. The van der Waals surface area contributed by atoms with Gasteiger partial charge in [-0.3, -0.25) is 0 Å². The molecule has 1 rings (SSSR count). The molecule has 102 valence electrons. The normalized spacial score (nSPS) is 9.58. The van der Waals surface area contributed by atoms with Crippen LogP contribution in [0.25, 0.3) is 6.08 Å². The number of esters is 2. The maximum absolute atomic E-state index is 11.7. The second kappa shape index (κ2) is 7.20. The molecule has 0 aromatic heterocycles. The molecule has 0 heterocycles. The Morgan fingerprint density at radius 2 is 1.63 bits per heavy atom. The summed E-state index contributed by atoms with van der Waals surface area (Å²) in [5, 5.41) is 0. The van der Waals surface area contributed by atoms with Gasteiger partial charge in [0.15, 0.2) is 0 Å². The van der Waals surface area contributed by atoms with Crippen molar-refractivity contribution >= 4 is 23.7 Å². The van der Waals surface area contributed by atoms with E-state index in [0.29, 0.717) is 11.3 Å². The van der Waals surface area contributed by atoms with Crippen LogP contribution in [0.3, 0.4) is 0 Å². The smallest absolute Gasteiger partial charge is 0.345 e. The molecule has 1 aromatic rings. The third-order valence-corrected chi connectivity index (χ3v) is 2.29. The Kier molecular flexibility index (Phi) is 5.60. The summed E-state index contributed by atoms with van der Waals surface area (Å²) < 4.78 is 9.67. The van der Waals surface area contributed by atoms with E-state index in [-0.39, 0.29) is 18.8 Å². The summed E-state index contributed by atoms with van der Waals surface area (Å²) in [6.45, 7) is 3.69. The molecular formula is C14H17NO4. The molecule has 2 N–H and O–H groups in total. The summed E-state index contributed by atoms with van der Waals surface area (Å²) in [7, 11) is 0. The molecule has 0 saturated carbocycles. The minimum Gasteiger partial charge on any atom is -0.462 e. The van der Waals surface area contributed by atoms with Gasteiger partial charge < -0.3 is 15.2 Å². The van der Waals surface area contributed by atoms with Crippen molar-refractivity contribution < 1.29 is 19.1 Å². The van der Waals surface area contributed by atoms with Crippen molar-refractivity contribution in [1.29, 1.82) is 0 Å². The van der Waals surface area contributed by atoms with Crippen molar-refractivity contribution in [1.82, 2.24) is 0 Å². The van der Waals surface area contributed by atoms with Crippen LogP contribution in [0, 0.1) is 0 Å². The summed E-state index contributed by atoms with van der Waals surface area (Å²) >= 11 is 0. The first-order chi connectivity index (χ1) is 9.10. The van der Waals surface area contributed by atoms with E-state index in [1.807, 2.05) is 0 Å². The average Bonchev–Trinajstić information content (AvgIpc) is 2.38. The maximum Gasteiger partial charge on any atom is 0.345 e. The second-order valence-corrected chi connectivity index (χ2v) is 3.63. The summed E-state index contributed by atoms with van der Waals surface area (Å²) in [5.74, 6) is -1.44. The Labute approximate surface area is 112 Å². The fourth-order valence-electron chi connectivity index (χ4n) is 1.42. The lowest BCUT2D eigenvalue weighted by molar-refractivity contribution is -0.146. The van der Waals surface area contributed by atoms with Crippen molar-refractivity contribution in [2.75, 3.05) is 18.9 Å². The molecule has 0 radical (unpaired) electrons. The highest BCUT2D eigenvalue weighted by Gasteiger charge is 2.21.